The molecule has 0 radical (unpaired) electrons. The van der Waals surface area contributed by atoms with Gasteiger partial charge in [0.05, 0.1) is 5.69 Å². The monoisotopic (exact) mass is 278 g/mol. The first-order chi connectivity index (χ1) is 9.11. The highest BCUT2D eigenvalue weighted by Crippen LogP contribution is 2.32. The lowest BCUT2D eigenvalue weighted by atomic mass is 10.2. The molecule has 1 unspecified atom stereocenters. The molecule has 1 heterocycles. The standard InChI is InChI=1S/C14H18N2O2S/c1-3-6-15-9(2)11-8-19-14(16-11)10-4-5-12(17)13(18)7-10/h4-5,7-9,15,17-18H,3,6H2,1-2H3. The summed E-state index contributed by atoms with van der Waals surface area (Å²) in [6.07, 6.45) is 1.09. The Morgan fingerprint density at radius 3 is 2.79 bits per heavy atom. The molecule has 0 saturated heterocycles. The van der Waals surface area contributed by atoms with Gasteiger partial charge in [-0.2, -0.15) is 0 Å². The maximum Gasteiger partial charge on any atom is 0.158 e. The molecule has 19 heavy (non-hydrogen) atoms. The third-order valence-corrected chi connectivity index (χ3v) is 3.80. The Morgan fingerprint density at radius 1 is 1.32 bits per heavy atom. The van der Waals surface area contributed by atoms with Gasteiger partial charge < -0.3 is 15.5 Å². The highest BCUT2D eigenvalue weighted by Gasteiger charge is 2.11. The smallest absolute Gasteiger partial charge is 0.158 e. The van der Waals surface area contributed by atoms with Crippen molar-refractivity contribution in [3.63, 3.8) is 0 Å². The lowest BCUT2D eigenvalue weighted by Gasteiger charge is -2.09. The molecule has 102 valence electrons. The van der Waals surface area contributed by atoms with E-state index in [0.29, 0.717) is 0 Å². The van der Waals surface area contributed by atoms with E-state index in [1.165, 1.54) is 23.5 Å². The highest BCUT2D eigenvalue weighted by atomic mass is 32.1. The van der Waals surface area contributed by atoms with Crippen LogP contribution in [0.25, 0.3) is 10.6 Å². The number of thiazole rings is 1. The zero-order valence-electron chi connectivity index (χ0n) is 11.1. The van der Waals surface area contributed by atoms with Crippen molar-refractivity contribution in [3.05, 3.63) is 29.3 Å². The molecular formula is C14H18N2O2S. The minimum absolute atomic E-state index is 0.112. The Kier molecular flexibility index (Phi) is 4.39. The molecule has 5 heteroatoms. The number of rotatable bonds is 5. The number of hydrogen-bond acceptors (Lipinski definition) is 5. The summed E-state index contributed by atoms with van der Waals surface area (Å²) < 4.78 is 0. The van der Waals surface area contributed by atoms with Crippen molar-refractivity contribution in [1.82, 2.24) is 10.3 Å². The summed E-state index contributed by atoms with van der Waals surface area (Å²) in [5.41, 5.74) is 1.82. The SMILES string of the molecule is CCCNC(C)c1csc(-c2ccc(O)c(O)c2)n1. The van der Waals surface area contributed by atoms with Crippen LogP contribution in [0.4, 0.5) is 0 Å². The van der Waals surface area contributed by atoms with Crippen molar-refractivity contribution in [2.24, 2.45) is 0 Å². The van der Waals surface area contributed by atoms with Crippen LogP contribution in [0.5, 0.6) is 11.5 Å². The van der Waals surface area contributed by atoms with Crippen LogP contribution in [0.15, 0.2) is 23.6 Å². The van der Waals surface area contributed by atoms with Gasteiger partial charge in [-0.1, -0.05) is 6.92 Å². The van der Waals surface area contributed by atoms with Crippen molar-refractivity contribution in [3.8, 4) is 22.1 Å². The topological polar surface area (TPSA) is 65.4 Å². The van der Waals surface area contributed by atoms with E-state index >= 15 is 0 Å². The van der Waals surface area contributed by atoms with E-state index in [1.807, 2.05) is 5.38 Å². The van der Waals surface area contributed by atoms with Crippen LogP contribution in [-0.4, -0.2) is 21.7 Å². The van der Waals surface area contributed by atoms with Gasteiger partial charge in [-0.15, -0.1) is 11.3 Å². The van der Waals surface area contributed by atoms with E-state index < -0.39 is 0 Å². The Bertz CT molecular complexity index is 554. The molecule has 1 atom stereocenters. The summed E-state index contributed by atoms with van der Waals surface area (Å²) in [7, 11) is 0. The summed E-state index contributed by atoms with van der Waals surface area (Å²) in [6.45, 7) is 5.18. The van der Waals surface area contributed by atoms with Gasteiger partial charge in [0.2, 0.25) is 0 Å². The van der Waals surface area contributed by atoms with E-state index in [0.717, 1.165) is 29.2 Å². The van der Waals surface area contributed by atoms with Crippen molar-refractivity contribution in [2.75, 3.05) is 6.54 Å². The van der Waals surface area contributed by atoms with Gasteiger partial charge in [0.25, 0.3) is 0 Å². The third-order valence-electron chi connectivity index (χ3n) is 2.89. The van der Waals surface area contributed by atoms with Gasteiger partial charge in [-0.05, 0) is 38.1 Å². The van der Waals surface area contributed by atoms with Crippen molar-refractivity contribution in [2.45, 2.75) is 26.3 Å². The van der Waals surface area contributed by atoms with E-state index in [4.69, 9.17) is 0 Å². The Hall–Kier alpha value is -1.59. The van der Waals surface area contributed by atoms with E-state index in [2.05, 4.69) is 24.1 Å². The summed E-state index contributed by atoms with van der Waals surface area (Å²) in [5, 5.41) is 25.1. The Morgan fingerprint density at radius 2 is 2.11 bits per heavy atom. The van der Waals surface area contributed by atoms with Crippen LogP contribution in [0.2, 0.25) is 0 Å². The lowest BCUT2D eigenvalue weighted by Crippen LogP contribution is -2.19. The molecular weight excluding hydrogens is 260 g/mol. The summed E-state index contributed by atoms with van der Waals surface area (Å²) in [5.74, 6) is -0.232. The van der Waals surface area contributed by atoms with Gasteiger partial charge in [-0.3, -0.25) is 0 Å². The van der Waals surface area contributed by atoms with Crippen LogP contribution in [0.1, 0.15) is 32.0 Å². The van der Waals surface area contributed by atoms with Crippen molar-refractivity contribution >= 4 is 11.3 Å². The second-order valence-electron chi connectivity index (χ2n) is 4.46. The van der Waals surface area contributed by atoms with Crippen LogP contribution in [0.3, 0.4) is 0 Å². The zero-order chi connectivity index (χ0) is 13.8. The van der Waals surface area contributed by atoms with E-state index in [1.54, 1.807) is 6.07 Å². The van der Waals surface area contributed by atoms with E-state index in [-0.39, 0.29) is 17.5 Å². The minimum Gasteiger partial charge on any atom is -0.504 e. The first kappa shape index (κ1) is 13.8. The number of nitrogens with one attached hydrogen (secondary N) is 1. The summed E-state index contributed by atoms with van der Waals surface area (Å²) in [4.78, 5) is 4.57. The maximum absolute atomic E-state index is 9.51. The molecule has 0 aliphatic carbocycles. The second kappa shape index (κ2) is 6.04. The number of aromatic hydroxyl groups is 2. The predicted molar refractivity (Wildman–Crippen MR) is 77.6 cm³/mol. The van der Waals surface area contributed by atoms with Gasteiger partial charge in [0.15, 0.2) is 11.5 Å². The minimum atomic E-state index is -0.119. The van der Waals surface area contributed by atoms with Crippen LogP contribution < -0.4 is 5.32 Å². The fraction of sp³-hybridized carbons (Fsp3) is 0.357. The molecule has 1 aromatic heterocycles. The fourth-order valence-corrected chi connectivity index (χ4v) is 2.65. The predicted octanol–water partition coefficient (Wildman–Crippen LogP) is 3.28. The maximum atomic E-state index is 9.51. The molecule has 0 bridgehead atoms. The quantitative estimate of drug-likeness (QED) is 0.734. The van der Waals surface area contributed by atoms with Crippen LogP contribution in [-0.2, 0) is 0 Å². The number of benzene rings is 1. The zero-order valence-corrected chi connectivity index (χ0v) is 11.9. The van der Waals surface area contributed by atoms with Gasteiger partial charge in [-0.25, -0.2) is 4.98 Å². The Balaban J connectivity index is 2.18. The number of nitrogens with zero attached hydrogens (tertiary/aromatic N) is 1. The first-order valence-electron chi connectivity index (χ1n) is 6.33. The molecule has 4 nitrogen and oxygen atoms in total. The number of aromatic nitrogens is 1. The highest BCUT2D eigenvalue weighted by molar-refractivity contribution is 7.13. The molecule has 2 rings (SSSR count). The molecule has 3 N–H and O–H groups in total. The molecule has 1 aromatic carbocycles. The lowest BCUT2D eigenvalue weighted by molar-refractivity contribution is 0.404. The fourth-order valence-electron chi connectivity index (χ4n) is 1.74. The average molecular weight is 278 g/mol. The molecule has 0 fully saturated rings. The molecule has 0 aliphatic rings. The van der Waals surface area contributed by atoms with Crippen LogP contribution in [0, 0.1) is 0 Å². The summed E-state index contributed by atoms with van der Waals surface area (Å²) >= 11 is 1.54. The Labute approximate surface area is 116 Å². The van der Waals surface area contributed by atoms with Crippen molar-refractivity contribution < 1.29 is 10.2 Å². The first-order valence-corrected chi connectivity index (χ1v) is 7.21. The molecule has 0 aliphatic heterocycles. The third kappa shape index (κ3) is 3.24. The second-order valence-corrected chi connectivity index (χ2v) is 5.31. The number of phenols is 2. The normalized spacial score (nSPS) is 12.5. The molecule has 2 aromatic rings. The van der Waals surface area contributed by atoms with Crippen molar-refractivity contribution in [1.29, 1.82) is 0 Å². The number of phenolic OH excluding ortho intramolecular Hbond substituents is 2. The average Bonchev–Trinajstić information content (AvgIpc) is 2.89. The van der Waals surface area contributed by atoms with Gasteiger partial charge in [0.1, 0.15) is 5.01 Å². The largest absolute Gasteiger partial charge is 0.504 e. The van der Waals surface area contributed by atoms with E-state index in [9.17, 15) is 10.2 Å². The molecule has 0 saturated carbocycles. The van der Waals surface area contributed by atoms with Gasteiger partial charge >= 0.3 is 0 Å². The number of hydrogen-bond donors (Lipinski definition) is 3. The molecule has 0 spiro atoms. The van der Waals surface area contributed by atoms with Gasteiger partial charge in [0, 0.05) is 17.0 Å². The summed E-state index contributed by atoms with van der Waals surface area (Å²) in [6, 6.07) is 4.98. The molecule has 0 amide bonds. The van der Waals surface area contributed by atoms with Crippen LogP contribution >= 0.6 is 11.3 Å².